The van der Waals surface area contributed by atoms with Gasteiger partial charge in [-0.1, -0.05) is 12.1 Å². The number of benzene rings is 1. The molecule has 18 heavy (non-hydrogen) atoms. The largest absolute Gasteiger partial charge is 0.491 e. The van der Waals surface area contributed by atoms with Crippen molar-refractivity contribution in [3.63, 3.8) is 0 Å². The second kappa shape index (κ2) is 5.18. The highest BCUT2D eigenvalue weighted by Crippen LogP contribution is 2.17. The van der Waals surface area contributed by atoms with Crippen LogP contribution in [0.25, 0.3) is 6.08 Å². The molecule has 0 aliphatic carbocycles. The van der Waals surface area contributed by atoms with Crippen molar-refractivity contribution >= 4 is 29.4 Å². The molecule has 5 heteroatoms. The van der Waals surface area contributed by atoms with Gasteiger partial charge in [-0.15, -0.1) is 0 Å². The summed E-state index contributed by atoms with van der Waals surface area (Å²) in [5.41, 5.74) is 0.848. The first-order valence-corrected chi connectivity index (χ1v) is 5.97. The van der Waals surface area contributed by atoms with E-state index in [2.05, 4.69) is 5.32 Å². The van der Waals surface area contributed by atoms with E-state index in [1.165, 1.54) is 0 Å². The highest BCUT2D eigenvalue weighted by molar-refractivity contribution is 7.80. The summed E-state index contributed by atoms with van der Waals surface area (Å²) in [4.78, 5) is 11.4. The van der Waals surface area contributed by atoms with Gasteiger partial charge < -0.3 is 9.47 Å². The maximum Gasteiger partial charge on any atom is 0.294 e. The van der Waals surface area contributed by atoms with Gasteiger partial charge in [0.25, 0.3) is 11.1 Å². The molecule has 0 bridgehead atoms. The number of thiocarbonyl (C=S) groups is 1. The van der Waals surface area contributed by atoms with Crippen LogP contribution in [0.1, 0.15) is 19.4 Å². The monoisotopic (exact) mass is 263 g/mol. The first-order valence-electron chi connectivity index (χ1n) is 5.56. The van der Waals surface area contributed by atoms with Gasteiger partial charge >= 0.3 is 0 Å². The van der Waals surface area contributed by atoms with Crippen molar-refractivity contribution in [1.29, 1.82) is 0 Å². The lowest BCUT2D eigenvalue weighted by Crippen LogP contribution is -2.18. The lowest BCUT2D eigenvalue weighted by atomic mass is 10.2. The van der Waals surface area contributed by atoms with Gasteiger partial charge in [-0.2, -0.15) is 0 Å². The van der Waals surface area contributed by atoms with Crippen molar-refractivity contribution in [3.05, 3.63) is 35.6 Å². The van der Waals surface area contributed by atoms with Crippen molar-refractivity contribution in [2.45, 2.75) is 20.0 Å². The van der Waals surface area contributed by atoms with Gasteiger partial charge in [0.05, 0.1) is 6.10 Å². The molecule has 1 aromatic rings. The second-order valence-electron chi connectivity index (χ2n) is 4.09. The molecule has 0 saturated carbocycles. The first-order chi connectivity index (χ1) is 8.54. The van der Waals surface area contributed by atoms with Gasteiger partial charge in [0.1, 0.15) is 5.75 Å². The van der Waals surface area contributed by atoms with Gasteiger partial charge in [-0.05, 0) is 49.8 Å². The molecule has 4 nitrogen and oxygen atoms in total. The van der Waals surface area contributed by atoms with E-state index in [0.717, 1.165) is 11.3 Å². The van der Waals surface area contributed by atoms with E-state index in [4.69, 9.17) is 21.7 Å². The lowest BCUT2D eigenvalue weighted by Gasteiger charge is -2.09. The lowest BCUT2D eigenvalue weighted by molar-refractivity contribution is -0.116. The van der Waals surface area contributed by atoms with Crippen LogP contribution in [0.15, 0.2) is 30.0 Å². The van der Waals surface area contributed by atoms with Crippen molar-refractivity contribution < 1.29 is 14.3 Å². The summed E-state index contributed by atoms with van der Waals surface area (Å²) < 4.78 is 10.6. The minimum atomic E-state index is -0.317. The third-order valence-electron chi connectivity index (χ3n) is 2.19. The zero-order chi connectivity index (χ0) is 13.1. The number of hydrogen-bond donors (Lipinski definition) is 1. The molecule has 1 fully saturated rings. The fourth-order valence-corrected chi connectivity index (χ4v) is 1.67. The van der Waals surface area contributed by atoms with Gasteiger partial charge in [-0.3, -0.25) is 10.1 Å². The number of carbonyl (C=O) groups excluding carboxylic acids is 1. The maximum atomic E-state index is 11.4. The number of ether oxygens (including phenoxy) is 2. The molecule has 1 heterocycles. The van der Waals surface area contributed by atoms with Crippen LogP contribution >= 0.6 is 12.2 Å². The first kappa shape index (κ1) is 12.6. The fourth-order valence-electron chi connectivity index (χ4n) is 1.49. The summed E-state index contributed by atoms with van der Waals surface area (Å²) >= 11 is 4.74. The Kier molecular flexibility index (Phi) is 3.62. The Hall–Kier alpha value is -1.88. The molecule has 0 radical (unpaired) electrons. The summed E-state index contributed by atoms with van der Waals surface area (Å²) in [5.74, 6) is 0.680. The molecule has 1 amide bonds. The van der Waals surface area contributed by atoms with E-state index < -0.39 is 0 Å². The predicted octanol–water partition coefficient (Wildman–Crippen LogP) is 2.25. The predicted molar refractivity (Wildman–Crippen MR) is 72.0 cm³/mol. The molecule has 0 atom stereocenters. The third kappa shape index (κ3) is 3.07. The molecule has 2 rings (SSSR count). The topological polar surface area (TPSA) is 47.6 Å². The summed E-state index contributed by atoms with van der Waals surface area (Å²) in [5, 5.41) is 2.49. The number of rotatable bonds is 3. The van der Waals surface area contributed by atoms with Crippen LogP contribution in [0, 0.1) is 0 Å². The molecule has 94 valence electrons. The van der Waals surface area contributed by atoms with Crippen molar-refractivity contribution in [2.75, 3.05) is 0 Å². The SMILES string of the molecule is CC(C)Oc1ccc(/C=C2\OC(=S)NC2=O)cc1. The zero-order valence-corrected chi connectivity index (χ0v) is 10.9. The highest BCUT2D eigenvalue weighted by atomic mass is 32.1. The fraction of sp³-hybridized carbons (Fsp3) is 0.231. The quantitative estimate of drug-likeness (QED) is 0.671. The molecule has 0 aromatic heterocycles. The molecular weight excluding hydrogens is 250 g/mol. The summed E-state index contributed by atoms with van der Waals surface area (Å²) in [7, 11) is 0. The Balaban J connectivity index is 2.13. The maximum absolute atomic E-state index is 11.4. The molecule has 0 unspecified atom stereocenters. The average Bonchev–Trinajstić information content (AvgIpc) is 2.59. The minimum absolute atomic E-state index is 0.0889. The average molecular weight is 263 g/mol. The summed E-state index contributed by atoms with van der Waals surface area (Å²) in [6, 6.07) is 7.39. The van der Waals surface area contributed by atoms with E-state index >= 15 is 0 Å². The Labute approximate surface area is 111 Å². The minimum Gasteiger partial charge on any atom is -0.491 e. The summed E-state index contributed by atoms with van der Waals surface area (Å²) in [6.45, 7) is 3.93. The Bertz CT molecular complexity index is 505. The van der Waals surface area contributed by atoms with E-state index in [9.17, 15) is 4.79 Å². The van der Waals surface area contributed by atoms with Gasteiger partial charge in [0.15, 0.2) is 5.76 Å². The van der Waals surface area contributed by atoms with Gasteiger partial charge in [0, 0.05) is 0 Å². The van der Waals surface area contributed by atoms with Crippen LogP contribution in [0.2, 0.25) is 0 Å². The Morgan fingerprint density at radius 2 is 2.00 bits per heavy atom. The standard InChI is InChI=1S/C13H13NO3S/c1-8(2)16-10-5-3-9(4-6-10)7-11-12(15)14-13(18)17-11/h3-8H,1-2H3,(H,14,15,18)/b11-7-. The molecule has 1 saturated heterocycles. The van der Waals surface area contributed by atoms with Gasteiger partial charge in [-0.25, -0.2) is 0 Å². The van der Waals surface area contributed by atoms with Crippen LogP contribution in [0.3, 0.4) is 0 Å². The van der Waals surface area contributed by atoms with Crippen LogP contribution in [-0.2, 0) is 9.53 Å². The number of amides is 1. The second-order valence-corrected chi connectivity index (χ2v) is 4.46. The number of hydrogen-bond acceptors (Lipinski definition) is 4. The molecule has 1 aliphatic heterocycles. The van der Waals surface area contributed by atoms with Crippen LogP contribution in [0.5, 0.6) is 5.75 Å². The summed E-state index contributed by atoms with van der Waals surface area (Å²) in [6.07, 6.45) is 1.77. The van der Waals surface area contributed by atoms with Crippen LogP contribution in [-0.4, -0.2) is 17.2 Å². The van der Waals surface area contributed by atoms with Gasteiger partial charge in [0.2, 0.25) is 0 Å². The van der Waals surface area contributed by atoms with E-state index in [1.54, 1.807) is 6.08 Å². The normalized spacial score (nSPS) is 16.9. The Morgan fingerprint density at radius 1 is 1.33 bits per heavy atom. The Morgan fingerprint density at radius 3 is 2.50 bits per heavy atom. The van der Waals surface area contributed by atoms with Crippen molar-refractivity contribution in [3.8, 4) is 5.75 Å². The van der Waals surface area contributed by atoms with E-state index in [0.29, 0.717) is 0 Å². The van der Waals surface area contributed by atoms with Crippen LogP contribution in [0.4, 0.5) is 0 Å². The smallest absolute Gasteiger partial charge is 0.294 e. The highest BCUT2D eigenvalue weighted by Gasteiger charge is 2.22. The molecular formula is C13H13NO3S. The molecule has 1 aliphatic rings. The van der Waals surface area contributed by atoms with Crippen LogP contribution < -0.4 is 10.1 Å². The number of carbonyl (C=O) groups is 1. The molecule has 1 N–H and O–H groups in total. The molecule has 0 spiro atoms. The molecule has 1 aromatic carbocycles. The number of nitrogens with one attached hydrogen (secondary N) is 1. The zero-order valence-electron chi connectivity index (χ0n) is 10.1. The third-order valence-corrected chi connectivity index (χ3v) is 2.38. The van der Waals surface area contributed by atoms with Crippen molar-refractivity contribution in [2.24, 2.45) is 0 Å². The van der Waals surface area contributed by atoms with E-state index in [-0.39, 0.29) is 22.9 Å². The van der Waals surface area contributed by atoms with Crippen molar-refractivity contribution in [1.82, 2.24) is 5.32 Å². The van der Waals surface area contributed by atoms with E-state index in [1.807, 2.05) is 38.1 Å².